The number of fused-ring (bicyclic) bond motifs is 3. The van der Waals surface area contributed by atoms with Gasteiger partial charge in [0.2, 0.25) is 0 Å². The maximum atomic E-state index is 13.0. The number of alkyl halides is 2. The number of halogens is 2. The van der Waals surface area contributed by atoms with Crippen molar-refractivity contribution < 1.29 is 13.6 Å². The van der Waals surface area contributed by atoms with E-state index in [0.29, 0.717) is 18.7 Å². The molecule has 9 heteroatoms. The quantitative estimate of drug-likeness (QED) is 0.737. The van der Waals surface area contributed by atoms with Crippen molar-refractivity contribution in [1.82, 2.24) is 29.6 Å². The number of aromatic amines is 1. The number of hydrogen-bond donors (Lipinski definition) is 2. The molecule has 27 heavy (non-hydrogen) atoms. The summed E-state index contributed by atoms with van der Waals surface area (Å²) in [7, 11) is 0. The molecule has 0 atom stereocenters. The Morgan fingerprint density at radius 1 is 1.33 bits per heavy atom. The van der Waals surface area contributed by atoms with Gasteiger partial charge in [0.25, 0.3) is 5.92 Å². The van der Waals surface area contributed by atoms with Crippen LogP contribution < -0.4 is 5.32 Å². The van der Waals surface area contributed by atoms with E-state index < -0.39 is 18.5 Å². The summed E-state index contributed by atoms with van der Waals surface area (Å²) in [5, 5.41) is 2.31. The smallest absolute Gasteiger partial charge is 0.318 e. The molecule has 0 spiro atoms. The van der Waals surface area contributed by atoms with E-state index in [9.17, 15) is 13.6 Å². The van der Waals surface area contributed by atoms with Gasteiger partial charge in [-0.2, -0.15) is 0 Å². The number of rotatable bonds is 4. The molecule has 1 aliphatic heterocycles. The second-order valence-electron chi connectivity index (χ2n) is 6.83. The monoisotopic (exact) mass is 374 g/mol. The van der Waals surface area contributed by atoms with Crippen LogP contribution >= 0.6 is 0 Å². The molecule has 0 fully saturated rings. The van der Waals surface area contributed by atoms with Gasteiger partial charge in [0.05, 0.1) is 30.1 Å². The topological polar surface area (TPSA) is 78.3 Å². The fraction of sp³-hybridized carbons (Fsp3) is 0.389. The van der Waals surface area contributed by atoms with E-state index >= 15 is 0 Å². The molecule has 4 rings (SSSR count). The number of hydrogen-bond acceptors (Lipinski definition) is 3. The molecule has 2 amide bonds. The van der Waals surface area contributed by atoms with Gasteiger partial charge < -0.3 is 15.2 Å². The lowest BCUT2D eigenvalue weighted by atomic mass is 10.1. The highest BCUT2D eigenvalue weighted by Crippen LogP contribution is 2.30. The van der Waals surface area contributed by atoms with Crippen LogP contribution in [0.4, 0.5) is 13.6 Å². The normalized spacial score (nSPS) is 15.3. The Bertz CT molecular complexity index is 1050. The molecule has 0 unspecified atom stereocenters. The average molecular weight is 374 g/mol. The maximum Gasteiger partial charge on any atom is 0.318 e. The minimum absolute atomic E-state index is 0.353. The van der Waals surface area contributed by atoms with Crippen LogP contribution in [0, 0.1) is 0 Å². The zero-order chi connectivity index (χ0) is 19.2. The third-order valence-electron chi connectivity index (χ3n) is 4.77. The Balaban J connectivity index is 1.66. The summed E-state index contributed by atoms with van der Waals surface area (Å²) < 4.78 is 28.1. The molecule has 1 aliphatic rings. The molecule has 4 heterocycles. The Hall–Kier alpha value is -2.97. The standard InChI is InChI=1S/C18H20F2N6O/c1-3-11-8-25(17(27)24-10-18(2,19)20)9-12(11)14-6-22-15-7-23-16-13(26(14)15)4-5-21-16/h4-7,21H,3,8-10H2,1-2H3,(H,24,27). The lowest BCUT2D eigenvalue weighted by Crippen LogP contribution is -2.43. The van der Waals surface area contributed by atoms with Crippen LogP contribution in [0.1, 0.15) is 26.0 Å². The predicted molar refractivity (Wildman–Crippen MR) is 97.6 cm³/mol. The van der Waals surface area contributed by atoms with Crippen molar-refractivity contribution in [3.8, 4) is 0 Å². The van der Waals surface area contributed by atoms with Crippen LogP contribution in [0.2, 0.25) is 0 Å². The number of aromatic nitrogens is 4. The lowest BCUT2D eigenvalue weighted by molar-refractivity contribution is 0.0242. The fourth-order valence-corrected chi connectivity index (χ4v) is 3.44. The third kappa shape index (κ3) is 3.13. The van der Waals surface area contributed by atoms with Gasteiger partial charge >= 0.3 is 6.03 Å². The Labute approximate surface area is 154 Å². The Morgan fingerprint density at radius 2 is 2.15 bits per heavy atom. The highest BCUT2D eigenvalue weighted by molar-refractivity contribution is 5.84. The summed E-state index contributed by atoms with van der Waals surface area (Å²) in [4.78, 5) is 25.7. The number of H-pyrrole nitrogens is 1. The molecule has 0 aromatic carbocycles. The molecule has 0 saturated carbocycles. The third-order valence-corrected chi connectivity index (χ3v) is 4.77. The van der Waals surface area contributed by atoms with E-state index in [-0.39, 0.29) is 0 Å². The molecule has 7 nitrogen and oxygen atoms in total. The van der Waals surface area contributed by atoms with E-state index in [1.807, 2.05) is 23.6 Å². The van der Waals surface area contributed by atoms with Crippen LogP contribution in [0.15, 0.2) is 30.2 Å². The van der Waals surface area contributed by atoms with Gasteiger partial charge in [0.15, 0.2) is 11.3 Å². The van der Waals surface area contributed by atoms with Crippen LogP contribution in [0.5, 0.6) is 0 Å². The minimum Gasteiger partial charge on any atom is -0.345 e. The second kappa shape index (κ2) is 6.33. The van der Waals surface area contributed by atoms with Crippen molar-refractivity contribution >= 4 is 28.4 Å². The number of amides is 2. The highest BCUT2D eigenvalue weighted by Gasteiger charge is 2.29. The molecule has 2 N–H and O–H groups in total. The first-order valence-corrected chi connectivity index (χ1v) is 8.79. The first-order valence-electron chi connectivity index (χ1n) is 8.79. The average Bonchev–Trinajstić information content (AvgIpc) is 3.33. The number of nitrogens with zero attached hydrogens (tertiary/aromatic N) is 4. The molecule has 3 aromatic heterocycles. The maximum absolute atomic E-state index is 13.0. The number of imidazole rings is 1. The molecule has 0 saturated heterocycles. The van der Waals surface area contributed by atoms with E-state index in [2.05, 4.69) is 20.3 Å². The van der Waals surface area contributed by atoms with Crippen LogP contribution in [0.25, 0.3) is 22.4 Å². The van der Waals surface area contributed by atoms with E-state index in [1.54, 1.807) is 17.3 Å². The molecule has 0 bridgehead atoms. The fourth-order valence-electron chi connectivity index (χ4n) is 3.44. The van der Waals surface area contributed by atoms with Crippen LogP contribution in [-0.2, 0) is 0 Å². The summed E-state index contributed by atoms with van der Waals surface area (Å²) in [5.74, 6) is -2.94. The van der Waals surface area contributed by atoms with E-state index in [1.165, 1.54) is 0 Å². The van der Waals surface area contributed by atoms with Crippen molar-refractivity contribution in [3.05, 3.63) is 35.9 Å². The van der Waals surface area contributed by atoms with Gasteiger partial charge in [-0.15, -0.1) is 0 Å². The predicted octanol–water partition coefficient (Wildman–Crippen LogP) is 3.05. The zero-order valence-electron chi connectivity index (χ0n) is 15.1. The molecule has 142 valence electrons. The van der Waals surface area contributed by atoms with Gasteiger partial charge in [-0.3, -0.25) is 4.40 Å². The van der Waals surface area contributed by atoms with Gasteiger partial charge in [0.1, 0.15) is 0 Å². The molecule has 3 aromatic rings. The number of carbonyl (C=O) groups is 1. The summed E-state index contributed by atoms with van der Waals surface area (Å²) in [6.07, 6.45) is 6.04. The molecule has 0 radical (unpaired) electrons. The number of urea groups is 1. The minimum atomic E-state index is -2.94. The van der Waals surface area contributed by atoms with Crippen LogP contribution in [0.3, 0.4) is 0 Å². The van der Waals surface area contributed by atoms with E-state index in [4.69, 9.17) is 0 Å². The summed E-state index contributed by atoms with van der Waals surface area (Å²) in [6.45, 7) is 2.90. The summed E-state index contributed by atoms with van der Waals surface area (Å²) in [6, 6.07) is 1.44. The van der Waals surface area contributed by atoms with Crippen molar-refractivity contribution in [1.29, 1.82) is 0 Å². The SMILES string of the molecule is CCC1=C(c2cnc3cnc4[nH]ccc4n23)CN(C(=O)NCC(C)(F)F)C1. The molecule has 0 aliphatic carbocycles. The van der Waals surface area contributed by atoms with Crippen molar-refractivity contribution in [2.45, 2.75) is 26.2 Å². The summed E-state index contributed by atoms with van der Waals surface area (Å²) in [5.41, 5.74) is 5.35. The second-order valence-corrected chi connectivity index (χ2v) is 6.83. The Morgan fingerprint density at radius 3 is 2.89 bits per heavy atom. The first kappa shape index (κ1) is 17.4. The number of nitrogens with one attached hydrogen (secondary N) is 2. The van der Waals surface area contributed by atoms with Gasteiger partial charge in [-0.1, -0.05) is 6.92 Å². The summed E-state index contributed by atoms with van der Waals surface area (Å²) >= 11 is 0. The van der Waals surface area contributed by atoms with Gasteiger partial charge in [-0.25, -0.2) is 23.5 Å². The van der Waals surface area contributed by atoms with Crippen molar-refractivity contribution in [3.63, 3.8) is 0 Å². The first-order chi connectivity index (χ1) is 12.9. The number of carbonyl (C=O) groups excluding carboxylic acids is 1. The van der Waals surface area contributed by atoms with Crippen LogP contribution in [-0.4, -0.2) is 55.8 Å². The highest BCUT2D eigenvalue weighted by atomic mass is 19.3. The largest absolute Gasteiger partial charge is 0.345 e. The van der Waals surface area contributed by atoms with E-state index in [0.717, 1.165) is 41.3 Å². The van der Waals surface area contributed by atoms with Gasteiger partial charge in [0, 0.05) is 26.2 Å². The van der Waals surface area contributed by atoms with Crippen molar-refractivity contribution in [2.75, 3.05) is 19.6 Å². The lowest BCUT2D eigenvalue weighted by Gasteiger charge is -2.19. The zero-order valence-corrected chi connectivity index (χ0v) is 15.1. The van der Waals surface area contributed by atoms with Crippen molar-refractivity contribution in [2.24, 2.45) is 0 Å². The van der Waals surface area contributed by atoms with Gasteiger partial charge in [-0.05, 0) is 23.6 Å². The Kier molecular flexibility index (Phi) is 4.09. The molecular weight excluding hydrogens is 354 g/mol. The molecular formula is C18H20F2N6O.